The number of hydrogen-bond acceptors (Lipinski definition) is 5. The molecule has 0 amide bonds. The van der Waals surface area contributed by atoms with Crippen LogP contribution in [-0.4, -0.2) is 58.5 Å². The molecule has 92 valence electrons. The standard InChI is InChI=1S/C10H22S5/c1-11-4-6-14-9-10(8-13-3)15-7-5-12-2/h10H,4-9H2,1-3H3. The lowest BCUT2D eigenvalue weighted by atomic mass is 10.5. The molecule has 0 saturated carbocycles. The van der Waals surface area contributed by atoms with Crippen molar-refractivity contribution in [3.8, 4) is 0 Å². The maximum absolute atomic E-state index is 2.22. The van der Waals surface area contributed by atoms with E-state index in [-0.39, 0.29) is 0 Å². The lowest BCUT2D eigenvalue weighted by Gasteiger charge is -2.14. The van der Waals surface area contributed by atoms with Crippen molar-refractivity contribution in [2.75, 3.05) is 53.3 Å². The third kappa shape index (κ3) is 12.0. The minimum atomic E-state index is 0.860. The van der Waals surface area contributed by atoms with Gasteiger partial charge >= 0.3 is 0 Å². The van der Waals surface area contributed by atoms with Gasteiger partial charge < -0.3 is 0 Å². The number of rotatable bonds is 11. The molecule has 0 fully saturated rings. The summed E-state index contributed by atoms with van der Waals surface area (Å²) < 4.78 is 0. The average molecular weight is 303 g/mol. The molecule has 1 atom stereocenters. The molecule has 0 saturated heterocycles. The van der Waals surface area contributed by atoms with Crippen LogP contribution in [0.15, 0.2) is 0 Å². The Morgan fingerprint density at radius 2 is 1.40 bits per heavy atom. The predicted octanol–water partition coefficient (Wildman–Crippen LogP) is 3.91. The van der Waals surface area contributed by atoms with Crippen LogP contribution in [0.25, 0.3) is 0 Å². The summed E-state index contributed by atoms with van der Waals surface area (Å²) in [5.74, 6) is 7.87. The molecule has 0 spiro atoms. The molecule has 1 unspecified atom stereocenters. The summed E-state index contributed by atoms with van der Waals surface area (Å²) in [4.78, 5) is 0. The fraction of sp³-hybridized carbons (Fsp3) is 1.00. The lowest BCUT2D eigenvalue weighted by Crippen LogP contribution is -2.11. The van der Waals surface area contributed by atoms with E-state index < -0.39 is 0 Å². The first-order valence-corrected chi connectivity index (χ1v) is 11.4. The Morgan fingerprint density at radius 3 is 2.00 bits per heavy atom. The fourth-order valence-electron chi connectivity index (χ4n) is 0.985. The van der Waals surface area contributed by atoms with Crippen molar-refractivity contribution in [1.82, 2.24) is 0 Å². The first-order valence-electron chi connectivity index (χ1n) is 5.01. The zero-order valence-electron chi connectivity index (χ0n) is 9.86. The molecule has 5 heteroatoms. The van der Waals surface area contributed by atoms with Crippen LogP contribution in [0.5, 0.6) is 0 Å². The molecule has 15 heavy (non-hydrogen) atoms. The van der Waals surface area contributed by atoms with E-state index in [1.807, 2.05) is 35.3 Å². The normalized spacial score (nSPS) is 13.0. The van der Waals surface area contributed by atoms with E-state index in [0.29, 0.717) is 0 Å². The van der Waals surface area contributed by atoms with Gasteiger partial charge in [0.2, 0.25) is 0 Å². The molecule has 0 rings (SSSR count). The Morgan fingerprint density at radius 1 is 0.733 bits per heavy atom. The molecule has 0 aliphatic heterocycles. The van der Waals surface area contributed by atoms with Gasteiger partial charge in [-0.05, 0) is 18.8 Å². The first kappa shape index (κ1) is 16.8. The molecule has 0 aromatic heterocycles. The molecule has 0 N–H and O–H groups in total. The Labute approximate surface area is 117 Å². The first-order chi connectivity index (χ1) is 7.35. The molecular weight excluding hydrogens is 280 g/mol. The van der Waals surface area contributed by atoms with Crippen LogP contribution in [-0.2, 0) is 0 Å². The van der Waals surface area contributed by atoms with E-state index in [0.717, 1.165) is 5.25 Å². The van der Waals surface area contributed by atoms with Gasteiger partial charge in [-0.15, -0.1) is 0 Å². The van der Waals surface area contributed by atoms with Crippen LogP contribution in [0.1, 0.15) is 0 Å². The highest BCUT2D eigenvalue weighted by molar-refractivity contribution is 8.06. The largest absolute Gasteiger partial charge is 0.165 e. The van der Waals surface area contributed by atoms with E-state index in [2.05, 4.69) is 42.3 Å². The molecule has 0 aliphatic carbocycles. The van der Waals surface area contributed by atoms with Crippen molar-refractivity contribution < 1.29 is 0 Å². The van der Waals surface area contributed by atoms with Gasteiger partial charge in [0.15, 0.2) is 0 Å². The Balaban J connectivity index is 3.44. The SMILES string of the molecule is CSCCSCC(CSC)SCCSC. The maximum Gasteiger partial charge on any atom is 0.0228 e. The Hall–Kier alpha value is 1.75. The minimum Gasteiger partial charge on any atom is -0.165 e. The van der Waals surface area contributed by atoms with Crippen molar-refractivity contribution in [3.63, 3.8) is 0 Å². The topological polar surface area (TPSA) is 0 Å². The van der Waals surface area contributed by atoms with Crippen molar-refractivity contribution in [2.45, 2.75) is 5.25 Å². The minimum absolute atomic E-state index is 0.860. The van der Waals surface area contributed by atoms with E-state index in [4.69, 9.17) is 0 Å². The van der Waals surface area contributed by atoms with Crippen LogP contribution < -0.4 is 0 Å². The van der Waals surface area contributed by atoms with Crippen LogP contribution in [0.3, 0.4) is 0 Å². The molecule has 0 aliphatic rings. The van der Waals surface area contributed by atoms with Crippen molar-refractivity contribution in [2.24, 2.45) is 0 Å². The van der Waals surface area contributed by atoms with E-state index in [9.17, 15) is 0 Å². The highest BCUT2D eigenvalue weighted by atomic mass is 32.2. The van der Waals surface area contributed by atoms with Gasteiger partial charge in [-0.25, -0.2) is 0 Å². The van der Waals surface area contributed by atoms with Crippen molar-refractivity contribution in [3.05, 3.63) is 0 Å². The van der Waals surface area contributed by atoms with Crippen LogP contribution in [0.2, 0.25) is 0 Å². The molecule has 0 aromatic carbocycles. The quantitative estimate of drug-likeness (QED) is 0.529. The second-order valence-corrected chi connectivity index (χ2v) is 8.45. The van der Waals surface area contributed by atoms with E-state index in [1.165, 1.54) is 34.5 Å². The third-order valence-corrected chi connectivity index (χ3v) is 7.00. The number of hydrogen-bond donors (Lipinski definition) is 0. The summed E-state index contributed by atoms with van der Waals surface area (Å²) in [5, 5.41) is 0.860. The lowest BCUT2D eigenvalue weighted by molar-refractivity contribution is 1.15. The highest BCUT2D eigenvalue weighted by Gasteiger charge is 2.08. The Kier molecular flexibility index (Phi) is 15.4. The van der Waals surface area contributed by atoms with Crippen LogP contribution in [0.4, 0.5) is 0 Å². The fourth-order valence-corrected chi connectivity index (χ4v) is 6.16. The molecule has 0 heterocycles. The summed E-state index contributed by atoms with van der Waals surface area (Å²) in [5.41, 5.74) is 0. The second kappa shape index (κ2) is 13.8. The van der Waals surface area contributed by atoms with Crippen molar-refractivity contribution >= 4 is 58.8 Å². The smallest absolute Gasteiger partial charge is 0.0228 e. The summed E-state index contributed by atoms with van der Waals surface area (Å²) in [6.45, 7) is 0. The summed E-state index contributed by atoms with van der Waals surface area (Å²) in [6, 6.07) is 0. The van der Waals surface area contributed by atoms with Crippen LogP contribution in [0, 0.1) is 0 Å². The van der Waals surface area contributed by atoms with Crippen molar-refractivity contribution in [1.29, 1.82) is 0 Å². The molecule has 0 bridgehead atoms. The molecular formula is C10H22S5. The second-order valence-electron chi connectivity index (χ2n) is 3.01. The zero-order valence-corrected chi connectivity index (χ0v) is 13.9. The van der Waals surface area contributed by atoms with Gasteiger partial charge in [0.25, 0.3) is 0 Å². The van der Waals surface area contributed by atoms with Gasteiger partial charge in [-0.1, -0.05) is 0 Å². The monoisotopic (exact) mass is 302 g/mol. The summed E-state index contributed by atoms with van der Waals surface area (Å²) >= 11 is 10.2. The van der Waals surface area contributed by atoms with Gasteiger partial charge in [-0.2, -0.15) is 58.8 Å². The molecule has 0 nitrogen and oxygen atoms in total. The highest BCUT2D eigenvalue weighted by Crippen LogP contribution is 2.21. The summed E-state index contributed by atoms with van der Waals surface area (Å²) in [6.07, 6.45) is 6.60. The average Bonchev–Trinajstić information content (AvgIpc) is 2.24. The van der Waals surface area contributed by atoms with Gasteiger partial charge in [0.1, 0.15) is 0 Å². The molecule has 0 aromatic rings. The maximum atomic E-state index is 2.22. The zero-order chi connectivity index (χ0) is 11.4. The van der Waals surface area contributed by atoms with Crippen LogP contribution >= 0.6 is 58.8 Å². The van der Waals surface area contributed by atoms with E-state index in [1.54, 1.807) is 0 Å². The third-order valence-electron chi connectivity index (χ3n) is 1.73. The Bertz CT molecular complexity index is 120. The van der Waals surface area contributed by atoms with E-state index >= 15 is 0 Å². The van der Waals surface area contributed by atoms with Gasteiger partial charge in [0.05, 0.1) is 0 Å². The molecule has 0 radical (unpaired) electrons. The predicted molar refractivity (Wildman–Crippen MR) is 88.7 cm³/mol. The summed E-state index contributed by atoms with van der Waals surface area (Å²) in [7, 11) is 0. The van der Waals surface area contributed by atoms with Gasteiger partial charge in [0, 0.05) is 39.8 Å². The number of thioether (sulfide) groups is 5. The van der Waals surface area contributed by atoms with Gasteiger partial charge in [-0.3, -0.25) is 0 Å².